The molecule has 0 saturated carbocycles. The lowest BCUT2D eigenvalue weighted by Gasteiger charge is -2.24. The van der Waals surface area contributed by atoms with E-state index in [-0.39, 0.29) is 5.56 Å². The van der Waals surface area contributed by atoms with Gasteiger partial charge in [-0.05, 0) is 48.9 Å². The molecule has 1 aliphatic carbocycles. The Morgan fingerprint density at radius 2 is 1.89 bits per heavy atom. The Morgan fingerprint density at radius 3 is 2.64 bits per heavy atom. The number of hydrogen-bond acceptors (Lipinski definition) is 3. The van der Waals surface area contributed by atoms with E-state index in [0.717, 1.165) is 36.3 Å². The number of nitrogens with zero attached hydrogens (tertiary/aromatic N) is 1. The SMILES string of the molecule is CC1(c2ccc3c(c2)CCC3)NC(=O)N(CC(O)c2ccc(F)cc2F)C1=O. The Balaban J connectivity index is 1.58. The Bertz CT molecular complexity index is 978. The number of nitrogens with one attached hydrogen (secondary N) is 1. The summed E-state index contributed by atoms with van der Waals surface area (Å²) < 4.78 is 27.0. The third-order valence-corrected chi connectivity index (χ3v) is 5.63. The molecule has 0 bridgehead atoms. The summed E-state index contributed by atoms with van der Waals surface area (Å²) >= 11 is 0. The summed E-state index contributed by atoms with van der Waals surface area (Å²) in [4.78, 5) is 26.3. The highest BCUT2D eigenvalue weighted by Crippen LogP contribution is 2.33. The quantitative estimate of drug-likeness (QED) is 0.794. The molecule has 1 fully saturated rings. The highest BCUT2D eigenvalue weighted by atomic mass is 19.1. The highest BCUT2D eigenvalue weighted by molar-refractivity contribution is 6.07. The van der Waals surface area contributed by atoms with Crippen LogP contribution in [0.15, 0.2) is 36.4 Å². The number of aliphatic hydroxyl groups excluding tert-OH is 1. The summed E-state index contributed by atoms with van der Waals surface area (Å²) in [5.41, 5.74) is 1.68. The number of hydrogen-bond donors (Lipinski definition) is 2. The number of halogens is 2. The number of carbonyl (C=O) groups excluding carboxylic acids is 2. The van der Waals surface area contributed by atoms with Gasteiger partial charge in [0, 0.05) is 11.6 Å². The molecular weight excluding hydrogens is 366 g/mol. The number of imide groups is 1. The molecule has 2 N–H and O–H groups in total. The van der Waals surface area contributed by atoms with E-state index in [1.54, 1.807) is 6.92 Å². The molecule has 28 heavy (non-hydrogen) atoms. The molecule has 0 spiro atoms. The minimum atomic E-state index is -1.46. The van der Waals surface area contributed by atoms with E-state index < -0.39 is 41.8 Å². The maximum Gasteiger partial charge on any atom is 0.325 e. The third-order valence-electron chi connectivity index (χ3n) is 5.63. The minimum absolute atomic E-state index is 0.173. The zero-order chi connectivity index (χ0) is 20.1. The van der Waals surface area contributed by atoms with Crippen LogP contribution in [0.1, 0.15) is 41.7 Å². The number of amides is 3. The molecule has 0 aromatic heterocycles. The zero-order valence-electron chi connectivity index (χ0n) is 15.3. The number of aryl methyl sites for hydroxylation is 2. The fourth-order valence-corrected chi connectivity index (χ4v) is 3.98. The van der Waals surface area contributed by atoms with Gasteiger partial charge in [-0.3, -0.25) is 9.69 Å². The van der Waals surface area contributed by atoms with Crippen LogP contribution in [0.3, 0.4) is 0 Å². The molecule has 3 amide bonds. The van der Waals surface area contributed by atoms with Crippen LogP contribution >= 0.6 is 0 Å². The van der Waals surface area contributed by atoms with Crippen molar-refractivity contribution in [1.29, 1.82) is 0 Å². The maximum atomic E-state index is 13.9. The van der Waals surface area contributed by atoms with Gasteiger partial charge in [0.05, 0.1) is 12.6 Å². The van der Waals surface area contributed by atoms with Gasteiger partial charge in [0.25, 0.3) is 5.91 Å². The second kappa shape index (κ2) is 6.67. The molecule has 0 radical (unpaired) electrons. The average Bonchev–Trinajstić information content (AvgIpc) is 3.20. The van der Waals surface area contributed by atoms with Crippen LogP contribution in [0, 0.1) is 11.6 Å². The average molecular weight is 386 g/mol. The van der Waals surface area contributed by atoms with Gasteiger partial charge in [-0.2, -0.15) is 0 Å². The van der Waals surface area contributed by atoms with E-state index in [4.69, 9.17) is 0 Å². The van der Waals surface area contributed by atoms with Crippen LogP contribution in [0.5, 0.6) is 0 Å². The van der Waals surface area contributed by atoms with E-state index >= 15 is 0 Å². The molecular formula is C21H20F2N2O3. The Labute approximate surface area is 161 Å². The first-order valence-corrected chi connectivity index (χ1v) is 9.19. The van der Waals surface area contributed by atoms with Crippen molar-refractivity contribution in [3.63, 3.8) is 0 Å². The van der Waals surface area contributed by atoms with Crippen LogP contribution in [0.25, 0.3) is 0 Å². The second-order valence-electron chi connectivity index (χ2n) is 7.49. The summed E-state index contributed by atoms with van der Waals surface area (Å²) in [7, 11) is 0. The third kappa shape index (κ3) is 2.96. The number of β-amino-alcohol motifs (C(OH)–C–C–N with tert-alkyl or cyclic N) is 1. The maximum absolute atomic E-state index is 13.9. The molecule has 2 unspecified atom stereocenters. The Morgan fingerprint density at radius 1 is 1.14 bits per heavy atom. The molecule has 2 aromatic carbocycles. The van der Waals surface area contributed by atoms with Crippen molar-refractivity contribution in [2.75, 3.05) is 6.54 Å². The monoisotopic (exact) mass is 386 g/mol. The van der Waals surface area contributed by atoms with Crippen molar-refractivity contribution < 1.29 is 23.5 Å². The lowest BCUT2D eigenvalue weighted by molar-refractivity contribution is -0.132. The molecule has 7 heteroatoms. The lowest BCUT2D eigenvalue weighted by atomic mass is 9.89. The summed E-state index contributed by atoms with van der Waals surface area (Å²) in [6.45, 7) is 1.20. The number of benzene rings is 2. The molecule has 5 nitrogen and oxygen atoms in total. The Hall–Kier alpha value is -2.80. The topological polar surface area (TPSA) is 69.6 Å². The summed E-state index contributed by atoms with van der Waals surface area (Å²) in [5.74, 6) is -2.22. The van der Waals surface area contributed by atoms with E-state index in [9.17, 15) is 23.5 Å². The number of carbonyl (C=O) groups is 2. The van der Waals surface area contributed by atoms with Gasteiger partial charge in [0.15, 0.2) is 0 Å². The standard InChI is InChI=1S/C21H20F2N2O3/c1-21(14-6-5-12-3-2-4-13(12)9-14)19(27)25(20(28)24-21)11-18(26)16-8-7-15(22)10-17(16)23/h5-10,18,26H,2-4,11H2,1H3,(H,24,28). The fraction of sp³-hybridized carbons (Fsp3) is 0.333. The van der Waals surface area contributed by atoms with Gasteiger partial charge in [0.1, 0.15) is 17.2 Å². The predicted octanol–water partition coefficient (Wildman–Crippen LogP) is 2.95. The molecule has 2 atom stereocenters. The van der Waals surface area contributed by atoms with Crippen LogP contribution in [-0.2, 0) is 23.2 Å². The van der Waals surface area contributed by atoms with Gasteiger partial charge >= 0.3 is 6.03 Å². The fourth-order valence-electron chi connectivity index (χ4n) is 3.98. The minimum Gasteiger partial charge on any atom is -0.386 e. The van der Waals surface area contributed by atoms with Crippen LogP contribution < -0.4 is 5.32 Å². The van der Waals surface area contributed by atoms with Gasteiger partial charge < -0.3 is 10.4 Å². The van der Waals surface area contributed by atoms with Crippen LogP contribution in [0.4, 0.5) is 13.6 Å². The summed E-state index contributed by atoms with van der Waals surface area (Å²) in [5, 5.41) is 13.0. The normalized spacial score (nSPS) is 22.4. The van der Waals surface area contributed by atoms with Crippen LogP contribution in [0.2, 0.25) is 0 Å². The number of fused-ring (bicyclic) bond motifs is 1. The van der Waals surface area contributed by atoms with E-state index in [2.05, 4.69) is 5.32 Å². The first kappa shape index (κ1) is 18.6. The Kier molecular flexibility index (Phi) is 4.42. The second-order valence-corrected chi connectivity index (χ2v) is 7.49. The molecule has 4 rings (SSSR count). The molecule has 2 aromatic rings. The van der Waals surface area contributed by atoms with E-state index in [1.165, 1.54) is 11.1 Å². The highest BCUT2D eigenvalue weighted by Gasteiger charge is 2.49. The van der Waals surface area contributed by atoms with E-state index in [1.807, 2.05) is 18.2 Å². The van der Waals surface area contributed by atoms with E-state index in [0.29, 0.717) is 11.6 Å². The van der Waals surface area contributed by atoms with Crippen molar-refractivity contribution in [1.82, 2.24) is 10.2 Å². The first-order valence-electron chi connectivity index (χ1n) is 9.19. The predicted molar refractivity (Wildman–Crippen MR) is 97.4 cm³/mol. The lowest BCUT2D eigenvalue weighted by Crippen LogP contribution is -2.41. The molecule has 1 heterocycles. The molecule has 1 aliphatic heterocycles. The van der Waals surface area contributed by atoms with Gasteiger partial charge in [-0.15, -0.1) is 0 Å². The summed E-state index contributed by atoms with van der Waals surface area (Å²) in [6, 6.07) is 7.87. The van der Waals surface area contributed by atoms with Crippen molar-refractivity contribution in [3.05, 3.63) is 70.3 Å². The number of rotatable bonds is 4. The van der Waals surface area contributed by atoms with Crippen molar-refractivity contribution in [2.45, 2.75) is 37.8 Å². The largest absolute Gasteiger partial charge is 0.386 e. The number of urea groups is 1. The summed E-state index contributed by atoms with van der Waals surface area (Å²) in [6.07, 6.45) is 1.55. The van der Waals surface area contributed by atoms with Crippen molar-refractivity contribution in [2.24, 2.45) is 0 Å². The van der Waals surface area contributed by atoms with Gasteiger partial charge in [0.2, 0.25) is 0 Å². The van der Waals surface area contributed by atoms with Crippen LogP contribution in [-0.4, -0.2) is 28.5 Å². The zero-order valence-corrected chi connectivity index (χ0v) is 15.3. The molecule has 2 aliphatic rings. The number of aliphatic hydroxyl groups is 1. The van der Waals surface area contributed by atoms with Crippen molar-refractivity contribution in [3.8, 4) is 0 Å². The smallest absolute Gasteiger partial charge is 0.325 e. The van der Waals surface area contributed by atoms with Gasteiger partial charge in [-0.25, -0.2) is 13.6 Å². The van der Waals surface area contributed by atoms with Crippen molar-refractivity contribution >= 4 is 11.9 Å². The van der Waals surface area contributed by atoms with Gasteiger partial charge in [-0.1, -0.05) is 24.3 Å². The molecule has 146 valence electrons. The molecule has 1 saturated heterocycles. The first-order chi connectivity index (χ1) is 13.3.